The van der Waals surface area contributed by atoms with Crippen LogP contribution in [0.3, 0.4) is 0 Å². The van der Waals surface area contributed by atoms with Crippen molar-refractivity contribution in [3.8, 4) is 23.0 Å². The normalized spacial score (nSPS) is 27.9. The summed E-state index contributed by atoms with van der Waals surface area (Å²) < 4.78 is 6.65. The molecule has 4 aliphatic heterocycles. The van der Waals surface area contributed by atoms with Crippen molar-refractivity contribution in [3.05, 3.63) is 60.3 Å². The van der Waals surface area contributed by atoms with Crippen LogP contribution < -0.4 is 10.1 Å². The van der Waals surface area contributed by atoms with Gasteiger partial charge in [-0.2, -0.15) is 9.97 Å². The number of benzene rings is 2. The average molecular weight is 619 g/mol. The van der Waals surface area contributed by atoms with Crippen LogP contribution in [0.4, 0.5) is 0 Å². The summed E-state index contributed by atoms with van der Waals surface area (Å²) in [5.41, 5.74) is 5.35. The summed E-state index contributed by atoms with van der Waals surface area (Å²) in [6.45, 7) is 9.02. The molecule has 8 nitrogen and oxygen atoms in total. The van der Waals surface area contributed by atoms with E-state index in [9.17, 15) is 5.11 Å². The smallest absolute Gasteiger partial charge is 0.317 e. The Morgan fingerprint density at radius 2 is 1.89 bits per heavy atom. The Labute approximate surface area is 271 Å². The highest BCUT2D eigenvalue weighted by atomic mass is 16.5. The number of hydrogen-bond donors (Lipinski definition) is 2. The molecule has 4 aromatic rings. The highest BCUT2D eigenvalue weighted by Crippen LogP contribution is 2.43. The lowest BCUT2D eigenvalue weighted by molar-refractivity contribution is 0.107. The van der Waals surface area contributed by atoms with Crippen LogP contribution in [0.2, 0.25) is 0 Å². The lowest BCUT2D eigenvalue weighted by Gasteiger charge is -2.31. The zero-order valence-corrected chi connectivity index (χ0v) is 27.0. The van der Waals surface area contributed by atoms with Crippen molar-refractivity contribution in [2.45, 2.75) is 101 Å². The number of aryl methyl sites for hydroxylation is 1. The van der Waals surface area contributed by atoms with E-state index in [4.69, 9.17) is 24.9 Å². The van der Waals surface area contributed by atoms with Gasteiger partial charge in [0.1, 0.15) is 23.4 Å². The number of phenols is 1. The fraction of sp³-hybridized carbons (Fsp3) is 0.526. The molecule has 2 N–H and O–H groups in total. The van der Waals surface area contributed by atoms with Gasteiger partial charge in [0.25, 0.3) is 0 Å². The summed E-state index contributed by atoms with van der Waals surface area (Å²) in [6, 6.07) is 13.5. The van der Waals surface area contributed by atoms with Crippen molar-refractivity contribution in [1.29, 1.82) is 0 Å². The van der Waals surface area contributed by atoms with E-state index >= 15 is 0 Å². The number of phenolic OH excluding ortho intramolecular Hbond substituents is 1. The molecule has 0 amide bonds. The Kier molecular flexibility index (Phi) is 7.89. The molecule has 4 fully saturated rings. The van der Waals surface area contributed by atoms with Crippen molar-refractivity contribution in [2.24, 2.45) is 5.92 Å². The van der Waals surface area contributed by atoms with Crippen molar-refractivity contribution in [3.63, 3.8) is 0 Å². The number of nitrogens with one attached hydrogen (secondary N) is 1. The molecule has 8 rings (SSSR count). The second-order valence-corrected chi connectivity index (χ2v) is 14.4. The molecular formula is C38H46N6O2. The van der Waals surface area contributed by atoms with Crippen LogP contribution in [0.1, 0.15) is 88.3 Å². The lowest BCUT2D eigenvalue weighted by atomic mass is 9.89. The van der Waals surface area contributed by atoms with Gasteiger partial charge in [-0.25, -0.2) is 0 Å². The highest BCUT2D eigenvalue weighted by molar-refractivity contribution is 6.00. The Bertz CT molecular complexity index is 1760. The van der Waals surface area contributed by atoms with Crippen LogP contribution >= 0.6 is 0 Å². The molecule has 2 bridgehead atoms. The van der Waals surface area contributed by atoms with Crippen molar-refractivity contribution in [1.82, 2.24) is 30.4 Å². The fourth-order valence-corrected chi connectivity index (χ4v) is 9.22. The number of ether oxygens (including phenoxy) is 1. The van der Waals surface area contributed by atoms with Crippen LogP contribution in [0.25, 0.3) is 33.1 Å². The van der Waals surface area contributed by atoms with E-state index in [-0.39, 0.29) is 17.2 Å². The summed E-state index contributed by atoms with van der Waals surface area (Å²) >= 11 is 0. The van der Waals surface area contributed by atoms with Crippen LogP contribution in [0.15, 0.2) is 49.1 Å². The zero-order valence-electron chi connectivity index (χ0n) is 27.0. The maximum atomic E-state index is 10.7. The molecule has 240 valence electrons. The van der Waals surface area contributed by atoms with E-state index < -0.39 is 0 Å². The van der Waals surface area contributed by atoms with Gasteiger partial charge in [0.15, 0.2) is 0 Å². The standard InChI is InChI=1S/C38H46N6O2/c1-3-7-24-21-38(16-6-17-44(38)22-24)23-46-37-40-33-20-32(31-19-30(45)18-27-9-5-8-25(4-2)34(27)31)42-43-36(33)35(41-37)26-10-12-28-14-15-29(39-28)13-11-26/h3,5,8-9,18-20,24,26,28-29,39,45H,1,4,6-7,10-17,21-23H2,2H3/t24-,26?,28?,29?,38+/m1/s1. The third-order valence-electron chi connectivity index (χ3n) is 11.5. The molecule has 2 aromatic carbocycles. The predicted octanol–water partition coefficient (Wildman–Crippen LogP) is 7.10. The van der Waals surface area contributed by atoms with Gasteiger partial charge < -0.3 is 15.2 Å². The maximum absolute atomic E-state index is 10.7. The minimum Gasteiger partial charge on any atom is -0.508 e. The number of rotatable bonds is 8. The Balaban J connectivity index is 1.20. The quantitative estimate of drug-likeness (QED) is 0.202. The Hall–Kier alpha value is -3.62. The van der Waals surface area contributed by atoms with Gasteiger partial charge in [-0.3, -0.25) is 4.90 Å². The number of aromatic nitrogens is 4. The molecule has 6 heterocycles. The van der Waals surface area contributed by atoms with Crippen molar-refractivity contribution >= 4 is 21.8 Å². The first-order chi connectivity index (χ1) is 22.5. The molecule has 2 aromatic heterocycles. The Morgan fingerprint density at radius 3 is 2.70 bits per heavy atom. The Morgan fingerprint density at radius 1 is 1.07 bits per heavy atom. The summed E-state index contributed by atoms with van der Waals surface area (Å²) in [4.78, 5) is 12.8. The molecule has 0 radical (unpaired) electrons. The third kappa shape index (κ3) is 5.43. The van der Waals surface area contributed by atoms with Gasteiger partial charge in [-0.1, -0.05) is 31.2 Å². The van der Waals surface area contributed by atoms with E-state index in [1.807, 2.05) is 30.3 Å². The highest BCUT2D eigenvalue weighted by Gasteiger charge is 2.48. The summed E-state index contributed by atoms with van der Waals surface area (Å²) in [7, 11) is 0. The van der Waals surface area contributed by atoms with Crippen LogP contribution in [0, 0.1) is 5.92 Å². The number of fused-ring (bicyclic) bond motifs is 5. The van der Waals surface area contributed by atoms with Gasteiger partial charge in [0.05, 0.1) is 16.9 Å². The van der Waals surface area contributed by atoms with Crippen molar-refractivity contribution in [2.75, 3.05) is 19.7 Å². The molecule has 4 aliphatic rings. The first-order valence-corrected chi connectivity index (χ1v) is 17.6. The molecule has 0 aliphatic carbocycles. The van der Waals surface area contributed by atoms with Gasteiger partial charge in [0, 0.05) is 30.1 Å². The zero-order chi connectivity index (χ0) is 31.3. The average Bonchev–Trinajstić information content (AvgIpc) is 3.77. The minimum atomic E-state index is 0.0515. The molecule has 2 unspecified atom stereocenters. The molecule has 46 heavy (non-hydrogen) atoms. The van der Waals surface area contributed by atoms with Crippen molar-refractivity contribution < 1.29 is 9.84 Å². The van der Waals surface area contributed by atoms with Crippen LogP contribution in [0.5, 0.6) is 11.8 Å². The molecule has 0 spiro atoms. The summed E-state index contributed by atoms with van der Waals surface area (Å²) in [5.74, 6) is 1.14. The fourth-order valence-electron chi connectivity index (χ4n) is 9.22. The second-order valence-electron chi connectivity index (χ2n) is 14.4. The van der Waals surface area contributed by atoms with E-state index in [2.05, 4.69) is 35.9 Å². The van der Waals surface area contributed by atoms with Crippen LogP contribution in [-0.2, 0) is 6.42 Å². The molecular weight excluding hydrogens is 572 g/mol. The second kappa shape index (κ2) is 12.2. The monoisotopic (exact) mass is 618 g/mol. The van der Waals surface area contributed by atoms with Crippen LogP contribution in [-0.4, -0.2) is 67.5 Å². The summed E-state index contributed by atoms with van der Waals surface area (Å²) in [5, 5.41) is 26.3. The number of nitrogens with zero attached hydrogens (tertiary/aromatic N) is 5. The molecule has 0 saturated carbocycles. The van der Waals surface area contributed by atoms with Gasteiger partial charge >= 0.3 is 6.01 Å². The molecule has 4 saturated heterocycles. The van der Waals surface area contributed by atoms with E-state index in [1.54, 1.807) is 0 Å². The first kappa shape index (κ1) is 29.8. The van der Waals surface area contributed by atoms with Gasteiger partial charge in [0.2, 0.25) is 0 Å². The van der Waals surface area contributed by atoms with E-state index in [1.165, 1.54) is 24.8 Å². The topological polar surface area (TPSA) is 96.3 Å². The SMILES string of the molecule is C=CC[C@H]1CN2CCC[C@@]2(COc2nc(C3CCC4CCC(CC3)N4)c3nnc(-c4cc(O)cc5cccc(CC)c45)cc3n2)C1. The van der Waals surface area contributed by atoms with E-state index in [0.29, 0.717) is 36.3 Å². The van der Waals surface area contributed by atoms with E-state index in [0.717, 1.165) is 97.5 Å². The number of allylic oxidation sites excluding steroid dienone is 1. The largest absolute Gasteiger partial charge is 0.508 e. The third-order valence-corrected chi connectivity index (χ3v) is 11.5. The summed E-state index contributed by atoms with van der Waals surface area (Å²) in [6.07, 6.45) is 14.5. The lowest BCUT2D eigenvalue weighted by Crippen LogP contribution is -2.43. The van der Waals surface area contributed by atoms with Gasteiger partial charge in [-0.15, -0.1) is 16.8 Å². The predicted molar refractivity (Wildman–Crippen MR) is 182 cm³/mol. The molecule has 4 atom stereocenters. The number of aromatic hydroxyl groups is 1. The number of hydrogen-bond acceptors (Lipinski definition) is 8. The minimum absolute atomic E-state index is 0.0515. The first-order valence-electron chi connectivity index (χ1n) is 17.6. The maximum Gasteiger partial charge on any atom is 0.317 e. The van der Waals surface area contributed by atoms with Gasteiger partial charge in [-0.05, 0) is 118 Å². The molecule has 8 heteroatoms.